The van der Waals surface area contributed by atoms with E-state index >= 15 is 0 Å². The summed E-state index contributed by atoms with van der Waals surface area (Å²) in [6.45, 7) is 4.50. The number of aromatic nitrogens is 4. The minimum atomic E-state index is -0.258. The topological polar surface area (TPSA) is 73.1 Å². The Morgan fingerprint density at radius 3 is 2.70 bits per heavy atom. The van der Waals surface area contributed by atoms with Crippen molar-refractivity contribution < 1.29 is 9.53 Å². The molecule has 0 spiro atoms. The molecular weight excluding hydrogens is 398 g/mol. The maximum Gasteiger partial charge on any atom is 0.236 e. The van der Waals surface area contributed by atoms with Crippen molar-refractivity contribution in [3.05, 3.63) is 59.9 Å². The molecule has 0 saturated heterocycles. The quantitative estimate of drug-likeness (QED) is 0.544. The van der Waals surface area contributed by atoms with Crippen LogP contribution in [0.3, 0.4) is 0 Å². The molecule has 1 aliphatic heterocycles. The summed E-state index contributed by atoms with van der Waals surface area (Å²) in [6.07, 6.45) is 4.37. The van der Waals surface area contributed by atoms with Crippen LogP contribution in [0.5, 0.6) is 0 Å². The van der Waals surface area contributed by atoms with Gasteiger partial charge in [-0.1, -0.05) is 36.0 Å². The van der Waals surface area contributed by atoms with Crippen molar-refractivity contribution in [2.24, 2.45) is 0 Å². The molecule has 1 atom stereocenters. The smallest absolute Gasteiger partial charge is 0.236 e. The van der Waals surface area contributed by atoms with Crippen LogP contribution < -0.4 is 0 Å². The molecule has 3 aromatic rings. The minimum Gasteiger partial charge on any atom is -0.383 e. The van der Waals surface area contributed by atoms with Crippen molar-refractivity contribution in [1.29, 1.82) is 0 Å². The summed E-state index contributed by atoms with van der Waals surface area (Å²) in [5, 5.41) is 9.22. The zero-order valence-electron chi connectivity index (χ0n) is 17.2. The van der Waals surface area contributed by atoms with E-state index in [9.17, 15) is 4.79 Å². The van der Waals surface area contributed by atoms with Gasteiger partial charge in [0.2, 0.25) is 5.91 Å². The van der Waals surface area contributed by atoms with Gasteiger partial charge in [-0.15, -0.1) is 10.2 Å². The molecule has 0 bridgehead atoms. The first-order valence-electron chi connectivity index (χ1n) is 10.0. The van der Waals surface area contributed by atoms with Crippen LogP contribution in [-0.4, -0.2) is 56.1 Å². The number of pyridine rings is 1. The first-order valence-corrected chi connectivity index (χ1v) is 10.9. The lowest BCUT2D eigenvalue weighted by Gasteiger charge is -2.30. The Hall–Kier alpha value is -2.71. The van der Waals surface area contributed by atoms with E-state index < -0.39 is 0 Å². The standard InChI is InChI=1S/C22H25N5O2S/c1-16(21(28)26-12-9-17-5-3-4-6-19(17)15-26)30-22-25-24-20(27(22)13-14-29-2)18-7-10-23-11-8-18/h3-8,10-11,16H,9,12-15H2,1-2H3. The highest BCUT2D eigenvalue weighted by molar-refractivity contribution is 8.00. The van der Waals surface area contributed by atoms with Gasteiger partial charge in [0, 0.05) is 38.2 Å². The number of amides is 1. The first kappa shape index (κ1) is 20.6. The number of methoxy groups -OCH3 is 1. The van der Waals surface area contributed by atoms with Crippen LogP contribution in [0.4, 0.5) is 0 Å². The van der Waals surface area contributed by atoms with Crippen LogP contribution >= 0.6 is 11.8 Å². The number of thioether (sulfide) groups is 1. The van der Waals surface area contributed by atoms with Gasteiger partial charge in [-0.2, -0.15) is 0 Å². The Balaban J connectivity index is 1.51. The van der Waals surface area contributed by atoms with E-state index in [2.05, 4.69) is 33.4 Å². The molecule has 1 unspecified atom stereocenters. The molecule has 0 fully saturated rings. The van der Waals surface area contributed by atoms with Crippen LogP contribution in [0, 0.1) is 0 Å². The average Bonchev–Trinajstić information content (AvgIpc) is 3.19. The van der Waals surface area contributed by atoms with Crippen molar-refractivity contribution in [2.45, 2.75) is 36.8 Å². The highest BCUT2D eigenvalue weighted by atomic mass is 32.2. The molecule has 2 aromatic heterocycles. The van der Waals surface area contributed by atoms with Crippen molar-refractivity contribution in [2.75, 3.05) is 20.3 Å². The SMILES string of the molecule is COCCn1c(SC(C)C(=O)N2CCc3ccccc3C2)nnc1-c1ccncc1. The molecule has 3 heterocycles. The van der Waals surface area contributed by atoms with Gasteiger partial charge in [0.1, 0.15) is 0 Å². The zero-order valence-corrected chi connectivity index (χ0v) is 18.0. The summed E-state index contributed by atoms with van der Waals surface area (Å²) < 4.78 is 7.28. The zero-order chi connectivity index (χ0) is 20.9. The molecule has 0 aliphatic carbocycles. The Morgan fingerprint density at radius 2 is 1.93 bits per heavy atom. The second-order valence-electron chi connectivity index (χ2n) is 7.23. The number of ether oxygens (including phenoxy) is 1. The number of hydrogen-bond donors (Lipinski definition) is 0. The molecule has 8 heteroatoms. The lowest BCUT2D eigenvalue weighted by Crippen LogP contribution is -2.40. The largest absolute Gasteiger partial charge is 0.383 e. The third-order valence-electron chi connectivity index (χ3n) is 5.25. The highest BCUT2D eigenvalue weighted by Gasteiger charge is 2.27. The summed E-state index contributed by atoms with van der Waals surface area (Å²) in [5.74, 6) is 0.879. The lowest BCUT2D eigenvalue weighted by atomic mass is 10.00. The predicted octanol–water partition coefficient (Wildman–Crippen LogP) is 3.05. The number of carbonyl (C=O) groups excluding carboxylic acids is 1. The van der Waals surface area contributed by atoms with E-state index in [0.717, 1.165) is 29.5 Å². The summed E-state index contributed by atoms with van der Waals surface area (Å²) in [7, 11) is 1.67. The molecule has 0 N–H and O–H groups in total. The van der Waals surface area contributed by atoms with E-state index in [1.54, 1.807) is 19.5 Å². The average molecular weight is 424 g/mol. The Kier molecular flexibility index (Phi) is 6.44. The van der Waals surface area contributed by atoms with Gasteiger partial charge in [-0.05, 0) is 36.6 Å². The maximum atomic E-state index is 13.1. The molecule has 156 valence electrons. The number of rotatable bonds is 7. The van der Waals surface area contributed by atoms with Crippen LogP contribution in [0.15, 0.2) is 53.9 Å². The molecule has 1 aromatic carbocycles. The number of nitrogens with zero attached hydrogens (tertiary/aromatic N) is 5. The van der Waals surface area contributed by atoms with E-state index in [0.29, 0.717) is 19.7 Å². The molecule has 0 saturated carbocycles. The summed E-state index contributed by atoms with van der Waals surface area (Å²) >= 11 is 1.45. The fraction of sp³-hybridized carbons (Fsp3) is 0.364. The summed E-state index contributed by atoms with van der Waals surface area (Å²) in [4.78, 5) is 19.1. The van der Waals surface area contributed by atoms with Gasteiger partial charge in [0.25, 0.3) is 0 Å². The van der Waals surface area contributed by atoms with Gasteiger partial charge in [-0.25, -0.2) is 0 Å². The Bertz CT molecular complexity index is 1010. The molecule has 0 radical (unpaired) electrons. The molecule has 4 rings (SSSR count). The molecule has 1 amide bonds. The van der Waals surface area contributed by atoms with Gasteiger partial charge in [0.05, 0.1) is 18.4 Å². The van der Waals surface area contributed by atoms with Crippen molar-refractivity contribution in [3.63, 3.8) is 0 Å². The van der Waals surface area contributed by atoms with Crippen molar-refractivity contribution in [1.82, 2.24) is 24.6 Å². The second kappa shape index (κ2) is 9.40. The summed E-state index contributed by atoms with van der Waals surface area (Å²) in [6, 6.07) is 12.2. The molecule has 30 heavy (non-hydrogen) atoms. The number of carbonyl (C=O) groups is 1. The van der Waals surface area contributed by atoms with Gasteiger partial charge >= 0.3 is 0 Å². The van der Waals surface area contributed by atoms with Crippen LogP contribution in [0.1, 0.15) is 18.1 Å². The normalized spacial score (nSPS) is 14.4. The van der Waals surface area contributed by atoms with Crippen molar-refractivity contribution in [3.8, 4) is 11.4 Å². The lowest BCUT2D eigenvalue weighted by molar-refractivity contribution is -0.131. The van der Waals surface area contributed by atoms with E-state index in [-0.39, 0.29) is 11.2 Å². The van der Waals surface area contributed by atoms with Gasteiger partial charge < -0.3 is 9.64 Å². The third kappa shape index (κ3) is 4.39. The fourth-order valence-electron chi connectivity index (χ4n) is 3.62. The predicted molar refractivity (Wildman–Crippen MR) is 116 cm³/mol. The maximum absolute atomic E-state index is 13.1. The molecule has 7 nitrogen and oxygen atoms in total. The third-order valence-corrected chi connectivity index (χ3v) is 6.31. The van der Waals surface area contributed by atoms with E-state index in [1.165, 1.54) is 22.9 Å². The molecule has 1 aliphatic rings. The highest BCUT2D eigenvalue weighted by Crippen LogP contribution is 2.29. The van der Waals surface area contributed by atoms with Crippen LogP contribution in [-0.2, 0) is 29.0 Å². The Labute approximate surface area is 180 Å². The number of fused-ring (bicyclic) bond motifs is 1. The number of benzene rings is 1. The van der Waals surface area contributed by atoms with E-state index in [1.807, 2.05) is 34.6 Å². The van der Waals surface area contributed by atoms with Gasteiger partial charge in [-0.3, -0.25) is 14.3 Å². The van der Waals surface area contributed by atoms with Gasteiger partial charge in [0.15, 0.2) is 11.0 Å². The Morgan fingerprint density at radius 1 is 1.17 bits per heavy atom. The first-order chi connectivity index (χ1) is 14.7. The monoisotopic (exact) mass is 423 g/mol. The molecular formula is C22H25N5O2S. The second-order valence-corrected chi connectivity index (χ2v) is 8.53. The fourth-order valence-corrected chi connectivity index (χ4v) is 4.58. The summed E-state index contributed by atoms with van der Waals surface area (Å²) in [5.41, 5.74) is 3.51. The van der Waals surface area contributed by atoms with Crippen LogP contribution in [0.2, 0.25) is 0 Å². The number of hydrogen-bond acceptors (Lipinski definition) is 6. The van der Waals surface area contributed by atoms with Crippen molar-refractivity contribution >= 4 is 17.7 Å². The van der Waals surface area contributed by atoms with Crippen LogP contribution in [0.25, 0.3) is 11.4 Å². The van der Waals surface area contributed by atoms with E-state index in [4.69, 9.17) is 4.74 Å². The minimum absolute atomic E-state index is 0.126.